The molecule has 1 amide bonds. The Morgan fingerprint density at radius 2 is 1.63 bits per heavy atom. The lowest BCUT2D eigenvalue weighted by Gasteiger charge is -2.34. The second-order valence-corrected chi connectivity index (χ2v) is 8.56. The molecule has 0 radical (unpaired) electrons. The molecule has 2 aromatic rings. The van der Waals surface area contributed by atoms with Crippen molar-refractivity contribution in [1.82, 2.24) is 9.21 Å². The molecule has 2 aromatic carbocycles. The molecule has 0 aliphatic carbocycles. The fourth-order valence-corrected chi connectivity index (χ4v) is 4.86. The minimum atomic E-state index is -3.57. The van der Waals surface area contributed by atoms with Crippen molar-refractivity contribution < 1.29 is 13.2 Å². The lowest BCUT2D eigenvalue weighted by atomic mass is 10.1. The molecule has 0 bridgehead atoms. The number of aryl methyl sites for hydroxylation is 2. The Kier molecular flexibility index (Phi) is 5.31. The number of sulfonamides is 1. The number of hydrogen-bond donors (Lipinski definition) is 0. The van der Waals surface area contributed by atoms with E-state index < -0.39 is 10.0 Å². The second-order valence-electron chi connectivity index (χ2n) is 6.65. The molecule has 0 N–H and O–H groups in total. The summed E-state index contributed by atoms with van der Waals surface area (Å²) in [4.78, 5) is 14.6. The van der Waals surface area contributed by atoms with Gasteiger partial charge < -0.3 is 4.90 Å². The van der Waals surface area contributed by atoms with E-state index in [1.54, 1.807) is 48.2 Å². The van der Waals surface area contributed by atoms with Crippen molar-refractivity contribution in [1.29, 1.82) is 5.26 Å². The summed E-state index contributed by atoms with van der Waals surface area (Å²) in [5.74, 6) is -0.150. The predicted molar refractivity (Wildman–Crippen MR) is 102 cm³/mol. The van der Waals surface area contributed by atoms with Crippen LogP contribution in [-0.4, -0.2) is 49.7 Å². The van der Waals surface area contributed by atoms with Crippen LogP contribution in [0.5, 0.6) is 0 Å². The van der Waals surface area contributed by atoms with Gasteiger partial charge in [0.05, 0.1) is 16.5 Å². The molecule has 0 aromatic heterocycles. The summed E-state index contributed by atoms with van der Waals surface area (Å²) in [5, 5.41) is 8.84. The monoisotopic (exact) mass is 383 g/mol. The highest BCUT2D eigenvalue weighted by Crippen LogP contribution is 2.22. The Bertz CT molecular complexity index is 1000. The summed E-state index contributed by atoms with van der Waals surface area (Å²) in [6.07, 6.45) is 0. The molecule has 27 heavy (non-hydrogen) atoms. The van der Waals surface area contributed by atoms with Gasteiger partial charge in [0.2, 0.25) is 10.0 Å². The van der Waals surface area contributed by atoms with Crippen LogP contribution >= 0.6 is 0 Å². The highest BCUT2D eigenvalue weighted by molar-refractivity contribution is 7.89. The summed E-state index contributed by atoms with van der Waals surface area (Å²) >= 11 is 0. The van der Waals surface area contributed by atoms with E-state index >= 15 is 0 Å². The van der Waals surface area contributed by atoms with Gasteiger partial charge in [0.1, 0.15) is 0 Å². The summed E-state index contributed by atoms with van der Waals surface area (Å²) < 4.78 is 27.3. The zero-order valence-corrected chi connectivity index (χ0v) is 16.2. The minimum Gasteiger partial charge on any atom is -0.336 e. The number of nitriles is 1. The van der Waals surface area contributed by atoms with E-state index in [9.17, 15) is 13.2 Å². The molecule has 0 saturated carbocycles. The van der Waals surface area contributed by atoms with Gasteiger partial charge in [-0.2, -0.15) is 9.57 Å². The first-order valence-electron chi connectivity index (χ1n) is 8.70. The van der Waals surface area contributed by atoms with Crippen LogP contribution in [0.15, 0.2) is 47.4 Å². The Balaban J connectivity index is 1.70. The summed E-state index contributed by atoms with van der Waals surface area (Å²) in [7, 11) is -3.57. The van der Waals surface area contributed by atoms with E-state index in [4.69, 9.17) is 5.26 Å². The molecule has 3 rings (SSSR count). The van der Waals surface area contributed by atoms with E-state index in [-0.39, 0.29) is 19.0 Å². The maximum atomic E-state index is 12.9. The third kappa shape index (κ3) is 3.87. The van der Waals surface area contributed by atoms with Crippen LogP contribution in [0.1, 0.15) is 27.0 Å². The lowest BCUT2D eigenvalue weighted by molar-refractivity contribution is 0.0698. The van der Waals surface area contributed by atoms with E-state index in [0.717, 1.165) is 11.1 Å². The molecule has 7 heteroatoms. The molecule has 1 aliphatic heterocycles. The lowest BCUT2D eigenvalue weighted by Crippen LogP contribution is -2.50. The predicted octanol–water partition coefficient (Wildman–Crippen LogP) is 2.32. The second kappa shape index (κ2) is 7.51. The van der Waals surface area contributed by atoms with Crippen molar-refractivity contribution in [3.05, 3.63) is 64.7 Å². The Labute approximate surface area is 159 Å². The largest absolute Gasteiger partial charge is 0.336 e. The number of amides is 1. The van der Waals surface area contributed by atoms with Gasteiger partial charge in [-0.05, 0) is 49.7 Å². The smallest absolute Gasteiger partial charge is 0.253 e. The molecule has 1 saturated heterocycles. The van der Waals surface area contributed by atoms with Crippen LogP contribution in [0.25, 0.3) is 0 Å². The summed E-state index contributed by atoms with van der Waals surface area (Å²) in [6.45, 7) is 4.92. The average molecular weight is 383 g/mol. The minimum absolute atomic E-state index is 0.150. The molecular formula is C20H21N3O3S. The van der Waals surface area contributed by atoms with Gasteiger partial charge in [0.25, 0.3) is 5.91 Å². The van der Waals surface area contributed by atoms with E-state index in [1.807, 2.05) is 19.1 Å². The van der Waals surface area contributed by atoms with E-state index in [2.05, 4.69) is 0 Å². The van der Waals surface area contributed by atoms with Crippen LogP contribution in [-0.2, 0) is 10.0 Å². The van der Waals surface area contributed by atoms with Crippen molar-refractivity contribution in [2.24, 2.45) is 0 Å². The van der Waals surface area contributed by atoms with Crippen molar-refractivity contribution >= 4 is 15.9 Å². The average Bonchev–Trinajstić information content (AvgIpc) is 2.67. The number of piperazine rings is 1. The highest BCUT2D eigenvalue weighted by atomic mass is 32.2. The Hall–Kier alpha value is -2.69. The van der Waals surface area contributed by atoms with Crippen LogP contribution < -0.4 is 0 Å². The van der Waals surface area contributed by atoms with Gasteiger partial charge >= 0.3 is 0 Å². The quantitative estimate of drug-likeness (QED) is 0.815. The van der Waals surface area contributed by atoms with Crippen molar-refractivity contribution in [2.75, 3.05) is 26.2 Å². The number of rotatable bonds is 3. The zero-order valence-electron chi connectivity index (χ0n) is 15.3. The van der Waals surface area contributed by atoms with Crippen LogP contribution in [0.4, 0.5) is 0 Å². The number of carbonyl (C=O) groups excluding carboxylic acids is 1. The number of hydrogen-bond acceptors (Lipinski definition) is 4. The first-order valence-corrected chi connectivity index (χ1v) is 10.1. The third-order valence-corrected chi connectivity index (χ3v) is 6.79. The molecule has 1 heterocycles. The maximum absolute atomic E-state index is 12.9. The fraction of sp³-hybridized carbons (Fsp3) is 0.300. The van der Waals surface area contributed by atoms with Crippen molar-refractivity contribution in [3.8, 4) is 6.07 Å². The van der Waals surface area contributed by atoms with Gasteiger partial charge in [-0.3, -0.25) is 4.79 Å². The van der Waals surface area contributed by atoms with Crippen LogP contribution in [0.2, 0.25) is 0 Å². The summed E-state index contributed by atoms with van der Waals surface area (Å²) in [5.41, 5.74) is 2.74. The van der Waals surface area contributed by atoms with Gasteiger partial charge in [-0.1, -0.05) is 17.7 Å². The molecule has 0 spiro atoms. The van der Waals surface area contributed by atoms with Gasteiger partial charge in [0.15, 0.2) is 0 Å². The van der Waals surface area contributed by atoms with E-state index in [0.29, 0.717) is 29.1 Å². The van der Waals surface area contributed by atoms with Crippen molar-refractivity contribution in [2.45, 2.75) is 18.7 Å². The number of nitrogens with zero attached hydrogens (tertiary/aromatic N) is 3. The standard InChI is InChI=1S/C20H21N3O3S/c1-15-3-8-19(16(2)13-15)27(25,26)23-11-9-22(10-12-23)20(24)18-6-4-17(14-21)5-7-18/h3-8,13H,9-12H2,1-2H3. The molecule has 140 valence electrons. The SMILES string of the molecule is Cc1ccc(S(=O)(=O)N2CCN(C(=O)c3ccc(C#N)cc3)CC2)c(C)c1. The Morgan fingerprint density at radius 3 is 2.19 bits per heavy atom. The number of benzene rings is 2. The Morgan fingerprint density at radius 1 is 1.00 bits per heavy atom. The van der Waals surface area contributed by atoms with E-state index in [1.165, 1.54) is 4.31 Å². The van der Waals surface area contributed by atoms with Gasteiger partial charge in [-0.15, -0.1) is 0 Å². The highest BCUT2D eigenvalue weighted by Gasteiger charge is 2.31. The fourth-order valence-electron chi connectivity index (χ4n) is 3.23. The molecule has 0 unspecified atom stereocenters. The van der Waals surface area contributed by atoms with Crippen molar-refractivity contribution in [3.63, 3.8) is 0 Å². The first-order chi connectivity index (χ1) is 12.8. The molecule has 6 nitrogen and oxygen atoms in total. The topological polar surface area (TPSA) is 81.5 Å². The zero-order chi connectivity index (χ0) is 19.6. The first kappa shape index (κ1) is 19.1. The number of carbonyl (C=O) groups is 1. The maximum Gasteiger partial charge on any atom is 0.253 e. The van der Waals surface area contributed by atoms with Gasteiger partial charge in [0, 0.05) is 31.7 Å². The molecule has 1 fully saturated rings. The van der Waals surface area contributed by atoms with Gasteiger partial charge in [-0.25, -0.2) is 8.42 Å². The molecule has 0 atom stereocenters. The summed E-state index contributed by atoms with van der Waals surface area (Å²) in [6, 6.07) is 13.8. The molecular weight excluding hydrogens is 362 g/mol. The van der Waals surface area contributed by atoms with Crippen LogP contribution in [0.3, 0.4) is 0 Å². The normalized spacial score (nSPS) is 15.4. The van der Waals surface area contributed by atoms with Crippen LogP contribution in [0, 0.1) is 25.2 Å². The molecule has 1 aliphatic rings. The third-order valence-electron chi connectivity index (χ3n) is 4.74.